The van der Waals surface area contributed by atoms with Crippen molar-refractivity contribution in [3.8, 4) is 0 Å². The number of carbonyl (C=O) groups is 1. The number of nitrogens with zero attached hydrogens (tertiary/aromatic N) is 3. The van der Waals surface area contributed by atoms with Gasteiger partial charge in [-0.2, -0.15) is 9.40 Å². The minimum absolute atomic E-state index is 0.168. The summed E-state index contributed by atoms with van der Waals surface area (Å²) in [5.74, 6) is -0.442. The topological polar surface area (TPSA) is 84.3 Å². The van der Waals surface area contributed by atoms with Crippen LogP contribution in [-0.4, -0.2) is 41.5 Å². The van der Waals surface area contributed by atoms with Crippen molar-refractivity contribution in [1.82, 2.24) is 14.1 Å². The van der Waals surface area contributed by atoms with Gasteiger partial charge in [0.25, 0.3) is 5.91 Å². The van der Waals surface area contributed by atoms with Crippen LogP contribution in [0.5, 0.6) is 0 Å². The van der Waals surface area contributed by atoms with Crippen molar-refractivity contribution in [1.29, 1.82) is 0 Å². The van der Waals surface area contributed by atoms with Crippen molar-refractivity contribution in [2.75, 3.05) is 18.4 Å². The van der Waals surface area contributed by atoms with Crippen LogP contribution in [0, 0.1) is 20.8 Å². The summed E-state index contributed by atoms with van der Waals surface area (Å²) in [5, 5.41) is 7.44. The van der Waals surface area contributed by atoms with Crippen molar-refractivity contribution in [2.45, 2.75) is 46.1 Å². The lowest BCUT2D eigenvalue weighted by atomic mass is 10.1. The van der Waals surface area contributed by atoms with Gasteiger partial charge in [0.15, 0.2) is 0 Å². The van der Waals surface area contributed by atoms with E-state index in [4.69, 9.17) is 11.6 Å². The second-order valence-electron chi connectivity index (χ2n) is 7.92. The van der Waals surface area contributed by atoms with E-state index >= 15 is 0 Å². The molecule has 0 saturated carbocycles. The second kappa shape index (κ2) is 10.1. The zero-order valence-electron chi connectivity index (χ0n) is 19.5. The molecule has 3 rings (SSSR count). The quantitative estimate of drug-likeness (QED) is 0.494. The normalized spacial score (nSPS) is 11.7. The molecule has 0 saturated heterocycles. The van der Waals surface area contributed by atoms with E-state index < -0.39 is 15.9 Å². The van der Waals surface area contributed by atoms with E-state index in [0.717, 1.165) is 11.1 Å². The highest BCUT2D eigenvalue weighted by Gasteiger charge is 2.25. The number of halogens is 1. The van der Waals surface area contributed by atoms with Gasteiger partial charge in [0.1, 0.15) is 5.15 Å². The molecule has 2 aromatic carbocycles. The van der Waals surface area contributed by atoms with Crippen LogP contribution >= 0.6 is 11.6 Å². The molecule has 7 nitrogen and oxygen atoms in total. The standard InChI is InChI=1S/C24H29ClN4O3S/c1-6-28(7-2)33(31,32)21-14-20(13-10-17(21)4)26-24(30)22-18(5)27-29(23(22)25)15-19-11-8-16(3)9-12-19/h8-14H,6-7,15H2,1-5H3,(H,26,30). The fourth-order valence-corrected chi connectivity index (χ4v) is 5.66. The first kappa shape index (κ1) is 25.0. The van der Waals surface area contributed by atoms with E-state index in [-0.39, 0.29) is 15.6 Å². The van der Waals surface area contributed by atoms with Gasteiger partial charge in [-0.25, -0.2) is 13.1 Å². The maximum atomic E-state index is 13.0. The zero-order chi connectivity index (χ0) is 24.3. The lowest BCUT2D eigenvalue weighted by Gasteiger charge is -2.20. The van der Waals surface area contributed by atoms with Gasteiger partial charge < -0.3 is 5.32 Å². The van der Waals surface area contributed by atoms with E-state index in [1.54, 1.807) is 44.5 Å². The van der Waals surface area contributed by atoms with Crippen molar-refractivity contribution < 1.29 is 13.2 Å². The Hall–Kier alpha value is -2.68. The summed E-state index contributed by atoms with van der Waals surface area (Å²) in [4.78, 5) is 13.2. The molecule has 0 fully saturated rings. The van der Waals surface area contributed by atoms with Gasteiger partial charge in [0, 0.05) is 18.8 Å². The van der Waals surface area contributed by atoms with E-state index in [1.165, 1.54) is 10.4 Å². The summed E-state index contributed by atoms with van der Waals surface area (Å²) in [5.41, 5.74) is 3.91. The molecule has 0 bridgehead atoms. The largest absolute Gasteiger partial charge is 0.322 e. The van der Waals surface area contributed by atoms with Crippen LogP contribution in [0.2, 0.25) is 5.15 Å². The zero-order valence-corrected chi connectivity index (χ0v) is 21.1. The number of nitrogens with one attached hydrogen (secondary N) is 1. The molecular weight excluding hydrogens is 460 g/mol. The lowest BCUT2D eigenvalue weighted by molar-refractivity contribution is 0.102. The molecule has 0 aliphatic rings. The Kier molecular flexibility index (Phi) is 7.62. The van der Waals surface area contributed by atoms with Crippen LogP contribution in [0.1, 0.15) is 46.6 Å². The summed E-state index contributed by atoms with van der Waals surface area (Å²) in [6, 6.07) is 12.8. The van der Waals surface area contributed by atoms with Gasteiger partial charge in [0.2, 0.25) is 10.0 Å². The summed E-state index contributed by atoms with van der Waals surface area (Å²) >= 11 is 6.52. The molecule has 3 aromatic rings. The number of aryl methyl sites for hydroxylation is 3. The fourth-order valence-electron chi connectivity index (χ4n) is 3.63. The minimum Gasteiger partial charge on any atom is -0.322 e. The molecule has 0 radical (unpaired) electrons. The third-order valence-corrected chi connectivity index (χ3v) is 8.09. The molecule has 9 heteroatoms. The van der Waals surface area contributed by atoms with Gasteiger partial charge in [-0.1, -0.05) is 61.3 Å². The van der Waals surface area contributed by atoms with E-state index in [9.17, 15) is 13.2 Å². The SMILES string of the molecule is CCN(CC)S(=O)(=O)c1cc(NC(=O)c2c(C)nn(Cc3ccc(C)cc3)c2Cl)ccc1C. The van der Waals surface area contributed by atoms with Gasteiger partial charge in [-0.15, -0.1) is 0 Å². The highest BCUT2D eigenvalue weighted by atomic mass is 35.5. The average Bonchev–Trinajstić information content (AvgIpc) is 3.04. The monoisotopic (exact) mass is 488 g/mol. The van der Waals surface area contributed by atoms with Gasteiger partial charge >= 0.3 is 0 Å². The summed E-state index contributed by atoms with van der Waals surface area (Å²) < 4.78 is 29.0. The first-order chi connectivity index (χ1) is 15.6. The van der Waals surface area contributed by atoms with E-state index in [2.05, 4.69) is 10.4 Å². The number of aromatic nitrogens is 2. The number of benzene rings is 2. The Balaban J connectivity index is 1.88. The maximum Gasteiger partial charge on any atom is 0.260 e. The van der Waals surface area contributed by atoms with E-state index in [0.29, 0.717) is 36.6 Å². The summed E-state index contributed by atoms with van der Waals surface area (Å²) in [7, 11) is -3.67. The highest BCUT2D eigenvalue weighted by Crippen LogP contribution is 2.26. The van der Waals surface area contributed by atoms with Crippen LogP contribution in [0.3, 0.4) is 0 Å². The second-order valence-corrected chi connectivity index (χ2v) is 10.2. The van der Waals surface area contributed by atoms with Crippen LogP contribution in [-0.2, 0) is 16.6 Å². The molecule has 0 aliphatic carbocycles. The summed E-state index contributed by atoms with van der Waals surface area (Å²) in [6.45, 7) is 10.2. The molecule has 0 aliphatic heterocycles. The lowest BCUT2D eigenvalue weighted by Crippen LogP contribution is -2.31. The van der Waals surface area contributed by atoms with Crippen LogP contribution in [0.25, 0.3) is 0 Å². The highest BCUT2D eigenvalue weighted by molar-refractivity contribution is 7.89. The molecule has 33 heavy (non-hydrogen) atoms. The Morgan fingerprint density at radius 2 is 1.70 bits per heavy atom. The number of rotatable bonds is 8. The number of hydrogen-bond donors (Lipinski definition) is 1. The predicted octanol–water partition coefficient (Wildman–Crippen LogP) is 4.79. The Morgan fingerprint density at radius 1 is 1.06 bits per heavy atom. The fraction of sp³-hybridized carbons (Fsp3) is 0.333. The molecular formula is C24H29ClN4O3S. The smallest absolute Gasteiger partial charge is 0.260 e. The van der Waals surface area contributed by atoms with Gasteiger partial charge in [-0.05, 0) is 44.0 Å². The Morgan fingerprint density at radius 3 is 2.30 bits per heavy atom. The average molecular weight is 489 g/mol. The Labute approximate surface area is 200 Å². The van der Waals surface area contributed by atoms with Gasteiger partial charge in [0.05, 0.1) is 22.7 Å². The van der Waals surface area contributed by atoms with E-state index in [1.807, 2.05) is 31.2 Å². The van der Waals surface area contributed by atoms with Crippen LogP contribution in [0.4, 0.5) is 5.69 Å². The molecule has 1 heterocycles. The molecule has 0 spiro atoms. The molecule has 1 N–H and O–H groups in total. The summed E-state index contributed by atoms with van der Waals surface area (Å²) in [6.07, 6.45) is 0. The number of anilines is 1. The van der Waals surface area contributed by atoms with Crippen LogP contribution < -0.4 is 5.32 Å². The first-order valence-electron chi connectivity index (χ1n) is 10.8. The Bertz CT molecular complexity index is 1260. The number of hydrogen-bond acceptors (Lipinski definition) is 4. The van der Waals surface area contributed by atoms with Crippen molar-refractivity contribution >= 4 is 33.2 Å². The number of carbonyl (C=O) groups excluding carboxylic acids is 1. The number of amides is 1. The van der Waals surface area contributed by atoms with Crippen molar-refractivity contribution in [3.63, 3.8) is 0 Å². The molecule has 176 valence electrons. The third-order valence-electron chi connectivity index (χ3n) is 5.51. The maximum absolute atomic E-state index is 13.0. The van der Waals surface area contributed by atoms with Crippen LogP contribution in [0.15, 0.2) is 47.4 Å². The molecule has 0 atom stereocenters. The van der Waals surface area contributed by atoms with Crippen molar-refractivity contribution in [3.05, 3.63) is 75.6 Å². The third kappa shape index (κ3) is 5.29. The van der Waals surface area contributed by atoms with Crippen molar-refractivity contribution in [2.24, 2.45) is 0 Å². The van der Waals surface area contributed by atoms with Gasteiger partial charge in [-0.3, -0.25) is 4.79 Å². The first-order valence-corrected chi connectivity index (χ1v) is 12.6. The number of sulfonamides is 1. The molecule has 1 aromatic heterocycles. The molecule has 0 unspecified atom stereocenters. The predicted molar refractivity (Wildman–Crippen MR) is 131 cm³/mol. The molecule has 1 amide bonds. The minimum atomic E-state index is -3.67.